The highest BCUT2D eigenvalue weighted by atomic mass is 16.5. The van der Waals surface area contributed by atoms with Crippen LogP contribution >= 0.6 is 0 Å². The van der Waals surface area contributed by atoms with Gasteiger partial charge in [-0.1, -0.05) is 6.42 Å². The van der Waals surface area contributed by atoms with E-state index in [1.807, 2.05) is 0 Å². The van der Waals surface area contributed by atoms with Gasteiger partial charge in [0.25, 0.3) is 0 Å². The third-order valence-electron chi connectivity index (χ3n) is 2.54. The fourth-order valence-electron chi connectivity index (χ4n) is 1.68. The Labute approximate surface area is 97.8 Å². The largest absolute Gasteiger partial charge is 0.444 e. The molecule has 0 amide bonds. The fraction of sp³-hybridized carbons (Fsp3) is 0.833. The van der Waals surface area contributed by atoms with Crippen molar-refractivity contribution in [1.82, 2.24) is 4.90 Å². The molecular weight excluding hydrogens is 206 g/mol. The first-order chi connectivity index (χ1) is 7.93. The molecule has 16 heavy (non-hydrogen) atoms. The highest BCUT2D eigenvalue weighted by molar-refractivity contribution is 4.67. The summed E-state index contributed by atoms with van der Waals surface area (Å²) >= 11 is 0. The minimum atomic E-state index is 0.449. The Morgan fingerprint density at radius 2 is 1.56 bits per heavy atom. The van der Waals surface area contributed by atoms with Crippen molar-refractivity contribution >= 4 is 0 Å². The Balaban J connectivity index is 1.73. The van der Waals surface area contributed by atoms with Crippen LogP contribution in [0.4, 0.5) is 0 Å². The SMILES string of the molecule is C#COCCOCCOCCN1CCCC1. The predicted octanol–water partition coefficient (Wildman–Crippen LogP) is 0.723. The smallest absolute Gasteiger partial charge is 0.123 e. The Hall–Kier alpha value is -0.760. The van der Waals surface area contributed by atoms with Gasteiger partial charge < -0.3 is 19.1 Å². The van der Waals surface area contributed by atoms with Gasteiger partial charge in [0.05, 0.1) is 26.4 Å². The standard InChI is InChI=1S/C12H21NO3/c1-2-14-9-10-16-12-11-15-8-7-13-5-3-4-6-13/h1H,3-12H2. The van der Waals surface area contributed by atoms with Gasteiger partial charge >= 0.3 is 0 Å². The lowest BCUT2D eigenvalue weighted by Gasteiger charge is -2.14. The minimum Gasteiger partial charge on any atom is -0.444 e. The van der Waals surface area contributed by atoms with E-state index in [1.54, 1.807) is 0 Å². The van der Waals surface area contributed by atoms with E-state index in [2.05, 4.69) is 15.7 Å². The molecule has 0 spiro atoms. The van der Waals surface area contributed by atoms with Gasteiger partial charge in [0.15, 0.2) is 0 Å². The van der Waals surface area contributed by atoms with Crippen LogP contribution in [0.25, 0.3) is 0 Å². The van der Waals surface area contributed by atoms with Crippen LogP contribution in [0, 0.1) is 12.5 Å². The molecule has 4 heteroatoms. The van der Waals surface area contributed by atoms with Crippen LogP contribution in [0.3, 0.4) is 0 Å². The van der Waals surface area contributed by atoms with Crippen LogP contribution in [0.1, 0.15) is 12.8 Å². The lowest BCUT2D eigenvalue weighted by Crippen LogP contribution is -2.24. The summed E-state index contributed by atoms with van der Waals surface area (Å²) in [6.07, 6.45) is 9.67. The van der Waals surface area contributed by atoms with Gasteiger partial charge in [-0.25, -0.2) is 0 Å². The van der Waals surface area contributed by atoms with Gasteiger partial charge in [-0.15, -0.1) is 0 Å². The molecule has 1 fully saturated rings. The Morgan fingerprint density at radius 3 is 2.25 bits per heavy atom. The molecule has 0 aromatic heterocycles. The van der Waals surface area contributed by atoms with Gasteiger partial charge in [-0.3, -0.25) is 0 Å². The summed E-state index contributed by atoms with van der Waals surface area (Å²) in [5.74, 6) is 0. The zero-order chi connectivity index (χ0) is 11.5. The predicted molar refractivity (Wildman–Crippen MR) is 62.1 cm³/mol. The monoisotopic (exact) mass is 227 g/mol. The van der Waals surface area contributed by atoms with Crippen molar-refractivity contribution in [2.24, 2.45) is 0 Å². The van der Waals surface area contributed by atoms with Crippen molar-refractivity contribution in [2.75, 3.05) is 52.7 Å². The van der Waals surface area contributed by atoms with Crippen molar-refractivity contribution in [3.05, 3.63) is 0 Å². The normalized spacial score (nSPS) is 16.2. The number of likely N-dealkylation sites (tertiary alicyclic amines) is 1. The van der Waals surface area contributed by atoms with E-state index in [-0.39, 0.29) is 0 Å². The number of rotatable bonds is 9. The second-order valence-electron chi connectivity index (χ2n) is 3.74. The zero-order valence-corrected chi connectivity index (χ0v) is 9.82. The van der Waals surface area contributed by atoms with Crippen molar-refractivity contribution in [3.63, 3.8) is 0 Å². The summed E-state index contributed by atoms with van der Waals surface area (Å²) in [7, 11) is 0. The molecule has 0 unspecified atom stereocenters. The maximum Gasteiger partial charge on any atom is 0.123 e. The maximum absolute atomic E-state index is 5.45. The van der Waals surface area contributed by atoms with Gasteiger partial charge in [0.1, 0.15) is 12.7 Å². The first-order valence-electron chi connectivity index (χ1n) is 5.88. The third kappa shape index (κ3) is 6.67. The number of hydrogen-bond acceptors (Lipinski definition) is 4. The van der Waals surface area contributed by atoms with E-state index < -0.39 is 0 Å². The molecule has 92 valence electrons. The van der Waals surface area contributed by atoms with Crippen LogP contribution in [0.5, 0.6) is 0 Å². The Morgan fingerprint density at radius 1 is 0.938 bits per heavy atom. The lowest BCUT2D eigenvalue weighted by atomic mass is 10.4. The topological polar surface area (TPSA) is 30.9 Å². The second kappa shape index (κ2) is 9.46. The second-order valence-corrected chi connectivity index (χ2v) is 3.74. The Kier molecular flexibility index (Phi) is 7.87. The molecule has 0 atom stereocenters. The lowest BCUT2D eigenvalue weighted by molar-refractivity contribution is 0.0279. The van der Waals surface area contributed by atoms with Gasteiger partial charge in [0, 0.05) is 6.54 Å². The highest BCUT2D eigenvalue weighted by Crippen LogP contribution is 2.05. The minimum absolute atomic E-state index is 0.449. The summed E-state index contributed by atoms with van der Waals surface area (Å²) in [6, 6.07) is 0. The zero-order valence-electron chi connectivity index (χ0n) is 9.82. The summed E-state index contributed by atoms with van der Waals surface area (Å²) < 4.78 is 15.4. The quantitative estimate of drug-likeness (QED) is 0.429. The molecule has 1 heterocycles. The first-order valence-corrected chi connectivity index (χ1v) is 5.88. The molecule has 1 aliphatic heterocycles. The molecule has 0 saturated carbocycles. The molecule has 0 aromatic carbocycles. The summed E-state index contributed by atoms with van der Waals surface area (Å²) in [4.78, 5) is 2.43. The number of ether oxygens (including phenoxy) is 3. The molecule has 0 aromatic rings. The average molecular weight is 227 g/mol. The molecular formula is C12H21NO3. The van der Waals surface area contributed by atoms with Gasteiger partial charge in [-0.2, -0.15) is 0 Å². The van der Waals surface area contributed by atoms with Crippen molar-refractivity contribution in [2.45, 2.75) is 12.8 Å². The Bertz CT molecular complexity index is 197. The van der Waals surface area contributed by atoms with E-state index >= 15 is 0 Å². The molecule has 1 saturated heterocycles. The molecule has 0 radical (unpaired) electrons. The van der Waals surface area contributed by atoms with Crippen molar-refractivity contribution in [1.29, 1.82) is 0 Å². The van der Waals surface area contributed by atoms with E-state index in [1.165, 1.54) is 25.9 Å². The van der Waals surface area contributed by atoms with Gasteiger partial charge in [0.2, 0.25) is 0 Å². The van der Waals surface area contributed by atoms with Gasteiger partial charge in [-0.05, 0) is 25.9 Å². The molecule has 1 rings (SSSR count). The average Bonchev–Trinajstić information content (AvgIpc) is 2.80. The number of hydrogen-bond donors (Lipinski definition) is 0. The van der Waals surface area contributed by atoms with E-state index in [0.29, 0.717) is 26.4 Å². The highest BCUT2D eigenvalue weighted by Gasteiger charge is 2.09. The molecule has 4 nitrogen and oxygen atoms in total. The number of nitrogens with zero attached hydrogens (tertiary/aromatic N) is 1. The molecule has 0 aliphatic carbocycles. The van der Waals surface area contributed by atoms with Crippen molar-refractivity contribution in [3.8, 4) is 12.5 Å². The van der Waals surface area contributed by atoms with E-state index in [9.17, 15) is 0 Å². The molecule has 0 bridgehead atoms. The molecule has 0 N–H and O–H groups in total. The first kappa shape index (κ1) is 13.3. The van der Waals surface area contributed by atoms with Crippen LogP contribution in [0.2, 0.25) is 0 Å². The number of terminal acetylenes is 1. The summed E-state index contributed by atoms with van der Waals surface area (Å²) in [6.45, 7) is 6.51. The summed E-state index contributed by atoms with van der Waals surface area (Å²) in [5, 5.41) is 0. The fourth-order valence-corrected chi connectivity index (χ4v) is 1.68. The summed E-state index contributed by atoms with van der Waals surface area (Å²) in [5.41, 5.74) is 0. The van der Waals surface area contributed by atoms with Crippen LogP contribution in [-0.2, 0) is 14.2 Å². The van der Waals surface area contributed by atoms with E-state index in [0.717, 1.165) is 13.2 Å². The van der Waals surface area contributed by atoms with Crippen LogP contribution < -0.4 is 0 Å². The maximum atomic E-state index is 5.45. The van der Waals surface area contributed by atoms with Crippen LogP contribution in [0.15, 0.2) is 0 Å². The van der Waals surface area contributed by atoms with E-state index in [4.69, 9.17) is 15.9 Å². The van der Waals surface area contributed by atoms with Crippen LogP contribution in [-0.4, -0.2) is 57.6 Å². The third-order valence-corrected chi connectivity index (χ3v) is 2.54. The molecule has 1 aliphatic rings. The van der Waals surface area contributed by atoms with Crippen molar-refractivity contribution < 1.29 is 14.2 Å².